The van der Waals surface area contributed by atoms with Crippen molar-refractivity contribution in [1.82, 2.24) is 4.90 Å². The molecule has 170 valence electrons. The molecule has 5 rings (SSSR count). The molecular weight excluding hydrogens is 422 g/mol. The van der Waals surface area contributed by atoms with Gasteiger partial charge in [0.2, 0.25) is 0 Å². The molecule has 1 N–H and O–H groups in total. The van der Waals surface area contributed by atoms with Crippen LogP contribution in [0, 0.1) is 0 Å². The molecule has 0 radical (unpaired) electrons. The highest BCUT2D eigenvalue weighted by Crippen LogP contribution is 2.34. The Balaban J connectivity index is 1.38. The fraction of sp³-hybridized carbons (Fsp3) is 0.138. The van der Waals surface area contributed by atoms with E-state index >= 15 is 0 Å². The van der Waals surface area contributed by atoms with E-state index in [-0.39, 0.29) is 12.1 Å². The molecule has 0 bridgehead atoms. The number of amides is 1. The van der Waals surface area contributed by atoms with Gasteiger partial charge in [-0.2, -0.15) is 0 Å². The summed E-state index contributed by atoms with van der Waals surface area (Å²) in [4.78, 5) is 17.4. The van der Waals surface area contributed by atoms with Crippen LogP contribution in [0.1, 0.15) is 22.1 Å². The average Bonchev–Trinajstić information content (AvgIpc) is 2.91. The van der Waals surface area contributed by atoms with Crippen molar-refractivity contribution in [2.75, 3.05) is 30.4 Å². The first kappa shape index (κ1) is 21.6. The van der Waals surface area contributed by atoms with E-state index < -0.39 is 0 Å². The number of para-hydroxylation sites is 3. The second-order valence-electron chi connectivity index (χ2n) is 8.24. The van der Waals surface area contributed by atoms with Crippen molar-refractivity contribution in [1.29, 1.82) is 0 Å². The number of carbonyl (C=O) groups excluding carboxylic acids is 1. The summed E-state index contributed by atoms with van der Waals surface area (Å²) in [7, 11) is 2.05. The lowest BCUT2D eigenvalue weighted by Crippen LogP contribution is -2.44. The zero-order valence-corrected chi connectivity index (χ0v) is 19.1. The van der Waals surface area contributed by atoms with Crippen molar-refractivity contribution in [2.24, 2.45) is 0 Å². The number of rotatable bonds is 7. The van der Waals surface area contributed by atoms with Crippen LogP contribution in [0.15, 0.2) is 109 Å². The largest absolute Gasteiger partial charge is 0.492 e. The highest BCUT2D eigenvalue weighted by Gasteiger charge is 2.32. The third-order valence-corrected chi connectivity index (χ3v) is 6.11. The summed E-state index contributed by atoms with van der Waals surface area (Å²) in [5, 5.41) is 3.56. The molecule has 5 heteroatoms. The maximum Gasteiger partial charge on any atom is 0.257 e. The van der Waals surface area contributed by atoms with Gasteiger partial charge < -0.3 is 19.9 Å². The van der Waals surface area contributed by atoms with E-state index in [2.05, 4.69) is 53.7 Å². The summed E-state index contributed by atoms with van der Waals surface area (Å²) in [6, 6.07) is 35.9. The highest BCUT2D eigenvalue weighted by molar-refractivity contribution is 6.01. The number of nitrogens with zero attached hydrogens (tertiary/aromatic N) is 2. The molecule has 0 unspecified atom stereocenters. The standard InChI is InChI=1S/C29H27N3O2/c1-31(23-10-4-2-5-11-23)24-18-16-22(17-19-24)28-30-27-15-9-8-14-26(27)29(33)32(28)20-21-34-25-12-6-3-7-13-25/h2-19,28,30H,20-21H2,1H3/t28-/m1/s1. The molecule has 0 aliphatic carbocycles. The minimum Gasteiger partial charge on any atom is -0.492 e. The first-order chi connectivity index (χ1) is 16.7. The third-order valence-electron chi connectivity index (χ3n) is 6.11. The van der Waals surface area contributed by atoms with E-state index in [1.165, 1.54) is 0 Å². The van der Waals surface area contributed by atoms with E-state index in [4.69, 9.17) is 4.74 Å². The first-order valence-electron chi connectivity index (χ1n) is 11.4. The van der Waals surface area contributed by atoms with E-state index in [0.717, 1.165) is 28.4 Å². The Kier molecular flexibility index (Phi) is 6.17. The average molecular weight is 450 g/mol. The van der Waals surface area contributed by atoms with Crippen LogP contribution < -0.4 is 15.0 Å². The van der Waals surface area contributed by atoms with Crippen molar-refractivity contribution in [2.45, 2.75) is 6.17 Å². The predicted octanol–water partition coefficient (Wildman–Crippen LogP) is 6.10. The second-order valence-corrected chi connectivity index (χ2v) is 8.24. The molecule has 1 aliphatic rings. The molecule has 5 nitrogen and oxygen atoms in total. The fourth-order valence-corrected chi connectivity index (χ4v) is 4.25. The molecule has 0 aromatic heterocycles. The molecule has 0 saturated heterocycles. The molecule has 1 amide bonds. The van der Waals surface area contributed by atoms with Crippen LogP contribution in [0.3, 0.4) is 0 Å². The summed E-state index contributed by atoms with van der Waals surface area (Å²) in [5.74, 6) is 0.798. The van der Waals surface area contributed by atoms with Gasteiger partial charge in [-0.05, 0) is 54.1 Å². The van der Waals surface area contributed by atoms with Gasteiger partial charge in [0.15, 0.2) is 0 Å². The van der Waals surface area contributed by atoms with E-state index in [0.29, 0.717) is 18.7 Å². The molecule has 0 fully saturated rings. The maximum atomic E-state index is 13.4. The Morgan fingerprint density at radius 2 is 1.41 bits per heavy atom. The number of carbonyl (C=O) groups is 1. The lowest BCUT2D eigenvalue weighted by atomic mass is 10.0. The van der Waals surface area contributed by atoms with Gasteiger partial charge in [-0.25, -0.2) is 0 Å². The smallest absolute Gasteiger partial charge is 0.257 e. The van der Waals surface area contributed by atoms with Gasteiger partial charge in [0, 0.05) is 24.1 Å². The van der Waals surface area contributed by atoms with Gasteiger partial charge in [-0.15, -0.1) is 0 Å². The van der Waals surface area contributed by atoms with Gasteiger partial charge in [0.25, 0.3) is 5.91 Å². The maximum absolute atomic E-state index is 13.4. The van der Waals surface area contributed by atoms with Crippen molar-refractivity contribution in [3.8, 4) is 5.75 Å². The van der Waals surface area contributed by atoms with Crippen LogP contribution in [0.25, 0.3) is 0 Å². The molecule has 1 atom stereocenters. The third kappa shape index (κ3) is 4.46. The van der Waals surface area contributed by atoms with Crippen LogP contribution in [-0.4, -0.2) is 31.0 Å². The van der Waals surface area contributed by atoms with Crippen LogP contribution in [0.5, 0.6) is 5.75 Å². The molecule has 1 heterocycles. The summed E-state index contributed by atoms with van der Waals surface area (Å²) in [6.45, 7) is 0.871. The monoisotopic (exact) mass is 449 g/mol. The van der Waals surface area contributed by atoms with Gasteiger partial charge in [0.1, 0.15) is 18.5 Å². The zero-order chi connectivity index (χ0) is 23.3. The van der Waals surface area contributed by atoms with Crippen LogP contribution in [0.2, 0.25) is 0 Å². The minimum atomic E-state index is -0.280. The molecular formula is C29H27N3O2. The van der Waals surface area contributed by atoms with Crippen LogP contribution >= 0.6 is 0 Å². The number of anilines is 3. The van der Waals surface area contributed by atoms with E-state index in [1.807, 2.05) is 77.7 Å². The molecule has 4 aromatic carbocycles. The fourth-order valence-electron chi connectivity index (χ4n) is 4.25. The molecule has 34 heavy (non-hydrogen) atoms. The summed E-state index contributed by atoms with van der Waals surface area (Å²) >= 11 is 0. The number of hydrogen-bond acceptors (Lipinski definition) is 4. The Bertz CT molecular complexity index is 1240. The highest BCUT2D eigenvalue weighted by atomic mass is 16.5. The topological polar surface area (TPSA) is 44.8 Å². The SMILES string of the molecule is CN(c1ccccc1)c1ccc([C@@H]2Nc3ccccc3C(=O)N2CCOc2ccccc2)cc1. The van der Waals surface area contributed by atoms with Gasteiger partial charge >= 0.3 is 0 Å². The number of nitrogens with one attached hydrogen (secondary N) is 1. The van der Waals surface area contributed by atoms with Gasteiger partial charge in [-0.1, -0.05) is 60.7 Å². The second kappa shape index (κ2) is 9.71. The quantitative estimate of drug-likeness (QED) is 0.370. The number of hydrogen-bond donors (Lipinski definition) is 1. The summed E-state index contributed by atoms with van der Waals surface area (Å²) in [5.41, 5.74) is 4.75. The number of ether oxygens (including phenoxy) is 1. The minimum absolute atomic E-state index is 0.00138. The molecule has 1 aliphatic heterocycles. The lowest BCUT2D eigenvalue weighted by Gasteiger charge is -2.38. The van der Waals surface area contributed by atoms with E-state index in [9.17, 15) is 4.79 Å². The van der Waals surface area contributed by atoms with Crippen molar-refractivity contribution in [3.63, 3.8) is 0 Å². The predicted molar refractivity (Wildman–Crippen MR) is 137 cm³/mol. The Hall–Kier alpha value is -4.25. The Morgan fingerprint density at radius 3 is 2.15 bits per heavy atom. The van der Waals surface area contributed by atoms with Gasteiger partial charge in [0.05, 0.1) is 12.1 Å². The normalized spacial score (nSPS) is 14.8. The number of fused-ring (bicyclic) bond motifs is 1. The lowest BCUT2D eigenvalue weighted by molar-refractivity contribution is 0.0651. The first-order valence-corrected chi connectivity index (χ1v) is 11.4. The molecule has 4 aromatic rings. The Morgan fingerprint density at radius 1 is 0.794 bits per heavy atom. The zero-order valence-electron chi connectivity index (χ0n) is 19.1. The van der Waals surface area contributed by atoms with Crippen LogP contribution in [0.4, 0.5) is 17.1 Å². The summed E-state index contributed by atoms with van der Waals surface area (Å²) < 4.78 is 5.90. The van der Waals surface area contributed by atoms with Crippen LogP contribution in [-0.2, 0) is 0 Å². The Labute approximate surface area is 200 Å². The summed E-state index contributed by atoms with van der Waals surface area (Å²) in [6.07, 6.45) is -0.280. The number of benzene rings is 4. The molecule has 0 spiro atoms. The van der Waals surface area contributed by atoms with Crippen molar-refractivity contribution in [3.05, 3.63) is 120 Å². The van der Waals surface area contributed by atoms with Gasteiger partial charge in [-0.3, -0.25) is 4.79 Å². The molecule has 0 saturated carbocycles. The van der Waals surface area contributed by atoms with E-state index in [1.54, 1.807) is 0 Å². The van der Waals surface area contributed by atoms with Crippen molar-refractivity contribution >= 4 is 23.0 Å². The van der Waals surface area contributed by atoms with Crippen molar-refractivity contribution < 1.29 is 9.53 Å².